The zero-order valence-electron chi connectivity index (χ0n) is 9.08. The maximum absolute atomic E-state index is 10.7. The molecule has 1 aromatic heterocycles. The molecule has 2 rings (SSSR count). The Morgan fingerprint density at radius 1 is 1.12 bits per heavy atom. The first-order valence-corrected chi connectivity index (χ1v) is 4.93. The lowest BCUT2D eigenvalue weighted by molar-refractivity contribution is 0.111. The molecule has 0 aliphatic carbocycles. The molecule has 17 heavy (non-hydrogen) atoms. The fourth-order valence-electron chi connectivity index (χ4n) is 1.44. The van der Waals surface area contributed by atoms with Crippen molar-refractivity contribution < 1.29 is 15.0 Å². The van der Waals surface area contributed by atoms with Crippen molar-refractivity contribution in [1.82, 2.24) is 9.97 Å². The second-order valence-corrected chi connectivity index (χ2v) is 3.58. The van der Waals surface area contributed by atoms with Gasteiger partial charge in [-0.3, -0.25) is 4.79 Å². The number of aldehydes is 1. The standard InChI is InChI=1S/C12H10N2O3/c1-7-4-9(6-15)14-12(13-7)8-2-3-10(16)11(17)5-8/h2-6,16-17H,1H3. The minimum absolute atomic E-state index is 0.211. The Balaban J connectivity index is 2.55. The Bertz CT molecular complexity index is 582. The number of hydrogen-bond donors (Lipinski definition) is 2. The zero-order valence-corrected chi connectivity index (χ0v) is 9.08. The van der Waals surface area contributed by atoms with Gasteiger partial charge in [0.1, 0.15) is 5.69 Å². The van der Waals surface area contributed by atoms with Crippen LogP contribution >= 0.6 is 0 Å². The molecule has 0 fully saturated rings. The number of aryl methyl sites for hydroxylation is 1. The third-order valence-corrected chi connectivity index (χ3v) is 2.23. The van der Waals surface area contributed by atoms with E-state index < -0.39 is 0 Å². The monoisotopic (exact) mass is 230 g/mol. The summed E-state index contributed by atoms with van der Waals surface area (Å²) in [6.07, 6.45) is 0.637. The SMILES string of the molecule is Cc1cc(C=O)nc(-c2ccc(O)c(O)c2)n1. The van der Waals surface area contributed by atoms with Crippen molar-refractivity contribution in [3.05, 3.63) is 35.7 Å². The van der Waals surface area contributed by atoms with Crippen LogP contribution < -0.4 is 0 Å². The van der Waals surface area contributed by atoms with Crippen LogP contribution in [0.15, 0.2) is 24.3 Å². The second kappa shape index (κ2) is 4.21. The van der Waals surface area contributed by atoms with Crippen molar-refractivity contribution in [3.8, 4) is 22.9 Å². The van der Waals surface area contributed by atoms with Crippen LogP contribution in [0.1, 0.15) is 16.2 Å². The quantitative estimate of drug-likeness (QED) is 0.605. The summed E-state index contributed by atoms with van der Waals surface area (Å²) in [6, 6.07) is 5.82. The summed E-state index contributed by atoms with van der Waals surface area (Å²) in [5.74, 6) is -0.125. The van der Waals surface area contributed by atoms with E-state index in [0.717, 1.165) is 0 Å². The molecule has 0 aliphatic heterocycles. The lowest BCUT2D eigenvalue weighted by Gasteiger charge is -2.04. The van der Waals surface area contributed by atoms with Gasteiger partial charge < -0.3 is 10.2 Å². The summed E-state index contributed by atoms with van der Waals surface area (Å²) in [4.78, 5) is 18.9. The Kier molecular flexibility index (Phi) is 2.74. The molecule has 0 atom stereocenters. The summed E-state index contributed by atoms with van der Waals surface area (Å²) in [5.41, 5.74) is 1.47. The van der Waals surface area contributed by atoms with Gasteiger partial charge in [-0.1, -0.05) is 0 Å². The summed E-state index contributed by atoms with van der Waals surface area (Å²) in [7, 11) is 0. The highest BCUT2D eigenvalue weighted by Gasteiger charge is 2.07. The molecule has 0 saturated heterocycles. The van der Waals surface area contributed by atoms with E-state index in [2.05, 4.69) is 9.97 Å². The van der Waals surface area contributed by atoms with Gasteiger partial charge in [0, 0.05) is 11.3 Å². The van der Waals surface area contributed by atoms with Crippen molar-refractivity contribution in [2.45, 2.75) is 6.92 Å². The van der Waals surface area contributed by atoms with Crippen LogP contribution in [-0.2, 0) is 0 Å². The van der Waals surface area contributed by atoms with E-state index in [-0.39, 0.29) is 17.2 Å². The lowest BCUT2D eigenvalue weighted by Crippen LogP contribution is -1.96. The van der Waals surface area contributed by atoms with E-state index in [4.69, 9.17) is 0 Å². The molecule has 0 spiro atoms. The predicted molar refractivity (Wildman–Crippen MR) is 60.9 cm³/mol. The normalized spacial score (nSPS) is 10.2. The number of carbonyl (C=O) groups excluding carboxylic acids is 1. The average molecular weight is 230 g/mol. The van der Waals surface area contributed by atoms with E-state index in [0.29, 0.717) is 23.4 Å². The van der Waals surface area contributed by atoms with E-state index in [9.17, 15) is 15.0 Å². The van der Waals surface area contributed by atoms with Gasteiger partial charge in [0.05, 0.1) is 0 Å². The first kappa shape index (κ1) is 11.1. The Morgan fingerprint density at radius 3 is 2.53 bits per heavy atom. The van der Waals surface area contributed by atoms with Gasteiger partial charge in [0.2, 0.25) is 0 Å². The van der Waals surface area contributed by atoms with Gasteiger partial charge in [0.15, 0.2) is 23.6 Å². The van der Waals surface area contributed by atoms with Crippen molar-refractivity contribution in [3.63, 3.8) is 0 Å². The largest absolute Gasteiger partial charge is 0.504 e. The smallest absolute Gasteiger partial charge is 0.168 e. The molecule has 86 valence electrons. The first-order chi connectivity index (χ1) is 8.10. The summed E-state index contributed by atoms with van der Waals surface area (Å²) >= 11 is 0. The second-order valence-electron chi connectivity index (χ2n) is 3.58. The fourth-order valence-corrected chi connectivity index (χ4v) is 1.44. The van der Waals surface area contributed by atoms with Gasteiger partial charge in [-0.25, -0.2) is 9.97 Å². The molecule has 1 heterocycles. The van der Waals surface area contributed by atoms with Crippen LogP contribution in [0.5, 0.6) is 11.5 Å². The van der Waals surface area contributed by atoms with E-state index >= 15 is 0 Å². The van der Waals surface area contributed by atoms with Crippen molar-refractivity contribution >= 4 is 6.29 Å². The Hall–Kier alpha value is -2.43. The lowest BCUT2D eigenvalue weighted by atomic mass is 10.2. The molecular formula is C12H10N2O3. The van der Waals surface area contributed by atoms with Gasteiger partial charge in [-0.05, 0) is 31.2 Å². The van der Waals surface area contributed by atoms with E-state index in [1.54, 1.807) is 19.1 Å². The molecule has 0 amide bonds. The van der Waals surface area contributed by atoms with Crippen LogP contribution in [-0.4, -0.2) is 26.5 Å². The van der Waals surface area contributed by atoms with Crippen molar-refractivity contribution in [2.24, 2.45) is 0 Å². The van der Waals surface area contributed by atoms with Gasteiger partial charge >= 0.3 is 0 Å². The number of carbonyl (C=O) groups is 1. The van der Waals surface area contributed by atoms with Crippen LogP contribution in [0.25, 0.3) is 11.4 Å². The highest BCUT2D eigenvalue weighted by atomic mass is 16.3. The molecule has 2 aromatic rings. The third kappa shape index (κ3) is 2.23. The molecule has 0 bridgehead atoms. The maximum atomic E-state index is 10.7. The van der Waals surface area contributed by atoms with Crippen LogP contribution in [0.3, 0.4) is 0 Å². The number of hydrogen-bond acceptors (Lipinski definition) is 5. The minimum Gasteiger partial charge on any atom is -0.504 e. The molecule has 0 unspecified atom stereocenters. The van der Waals surface area contributed by atoms with Gasteiger partial charge in [-0.15, -0.1) is 0 Å². The number of nitrogens with zero attached hydrogens (tertiary/aromatic N) is 2. The van der Waals surface area contributed by atoms with Crippen LogP contribution in [0, 0.1) is 6.92 Å². The molecule has 0 radical (unpaired) electrons. The molecule has 0 aliphatic rings. The number of phenols is 2. The molecule has 2 N–H and O–H groups in total. The fraction of sp³-hybridized carbons (Fsp3) is 0.0833. The van der Waals surface area contributed by atoms with Crippen LogP contribution in [0.2, 0.25) is 0 Å². The van der Waals surface area contributed by atoms with Crippen molar-refractivity contribution in [2.75, 3.05) is 0 Å². The zero-order chi connectivity index (χ0) is 12.4. The molecule has 5 nitrogen and oxygen atoms in total. The van der Waals surface area contributed by atoms with Gasteiger partial charge in [-0.2, -0.15) is 0 Å². The molecule has 0 saturated carbocycles. The van der Waals surface area contributed by atoms with E-state index in [1.165, 1.54) is 12.1 Å². The maximum Gasteiger partial charge on any atom is 0.168 e. The van der Waals surface area contributed by atoms with E-state index in [1.807, 2.05) is 0 Å². The average Bonchev–Trinajstić information content (AvgIpc) is 2.32. The highest BCUT2D eigenvalue weighted by Crippen LogP contribution is 2.28. The number of aromatic hydroxyl groups is 2. The molecule has 5 heteroatoms. The summed E-state index contributed by atoms with van der Waals surface area (Å²) < 4.78 is 0. The number of rotatable bonds is 2. The third-order valence-electron chi connectivity index (χ3n) is 2.23. The summed E-state index contributed by atoms with van der Waals surface area (Å²) in [5, 5.41) is 18.6. The number of phenolic OH excluding ortho intramolecular Hbond substituents is 2. The molecule has 1 aromatic carbocycles. The number of benzene rings is 1. The predicted octanol–water partition coefficient (Wildman–Crippen LogP) is 1.68. The first-order valence-electron chi connectivity index (χ1n) is 4.93. The topological polar surface area (TPSA) is 83.3 Å². The van der Waals surface area contributed by atoms with Crippen LogP contribution in [0.4, 0.5) is 0 Å². The van der Waals surface area contributed by atoms with Crippen molar-refractivity contribution in [1.29, 1.82) is 0 Å². The number of aromatic nitrogens is 2. The minimum atomic E-state index is -0.250. The Labute approximate surface area is 97.4 Å². The highest BCUT2D eigenvalue weighted by molar-refractivity contribution is 5.73. The Morgan fingerprint density at radius 2 is 1.88 bits per heavy atom. The van der Waals surface area contributed by atoms with Gasteiger partial charge in [0.25, 0.3) is 0 Å². The summed E-state index contributed by atoms with van der Waals surface area (Å²) in [6.45, 7) is 1.75. The molecular weight excluding hydrogens is 220 g/mol.